The molecule has 1 unspecified atom stereocenters. The number of aromatic amines is 1. The van der Waals surface area contributed by atoms with Gasteiger partial charge >= 0.3 is 5.97 Å². The van der Waals surface area contributed by atoms with E-state index in [9.17, 15) is 19.1 Å². The van der Waals surface area contributed by atoms with Gasteiger partial charge in [-0.05, 0) is 55.5 Å². The average Bonchev–Trinajstić information content (AvgIpc) is 3.39. The molecule has 0 aliphatic carbocycles. The van der Waals surface area contributed by atoms with Gasteiger partial charge in [-0.25, -0.2) is 4.39 Å². The number of aliphatic hydroxyl groups is 1. The van der Waals surface area contributed by atoms with Crippen molar-refractivity contribution in [2.24, 2.45) is 5.41 Å². The van der Waals surface area contributed by atoms with E-state index < -0.39 is 29.2 Å². The molecule has 4 N–H and O–H groups in total. The Kier molecular flexibility index (Phi) is 9.51. The lowest BCUT2D eigenvalue weighted by Gasteiger charge is -2.30. The van der Waals surface area contributed by atoms with E-state index in [0.717, 1.165) is 5.56 Å². The number of halogens is 2. The summed E-state index contributed by atoms with van der Waals surface area (Å²) >= 11 is 6.01. The van der Waals surface area contributed by atoms with Crippen molar-refractivity contribution in [3.05, 3.63) is 70.8 Å². The zero-order chi connectivity index (χ0) is 26.1. The molecule has 9 nitrogen and oxygen atoms in total. The zero-order valence-electron chi connectivity index (χ0n) is 19.7. The molecule has 0 saturated heterocycles. The number of hydrogen-bond donors (Lipinski definition) is 4. The van der Waals surface area contributed by atoms with Crippen molar-refractivity contribution in [2.75, 3.05) is 19.8 Å². The van der Waals surface area contributed by atoms with Crippen molar-refractivity contribution in [3.63, 3.8) is 0 Å². The van der Waals surface area contributed by atoms with E-state index in [0.29, 0.717) is 29.0 Å². The number of carbonyl (C=O) groups excluding carboxylic acids is 1. The van der Waals surface area contributed by atoms with Crippen LogP contribution in [0.3, 0.4) is 0 Å². The minimum atomic E-state index is -1.30. The van der Waals surface area contributed by atoms with Crippen LogP contribution in [0.15, 0.2) is 48.7 Å². The summed E-state index contributed by atoms with van der Waals surface area (Å²) in [4.78, 5) is 24.8. The highest BCUT2D eigenvalue weighted by atomic mass is 35.5. The molecule has 2 aromatic carbocycles. The van der Waals surface area contributed by atoms with Gasteiger partial charge in [-0.2, -0.15) is 0 Å². The summed E-state index contributed by atoms with van der Waals surface area (Å²) in [5, 5.41) is 31.8. The lowest BCUT2D eigenvalue weighted by Crippen LogP contribution is -2.44. The summed E-state index contributed by atoms with van der Waals surface area (Å²) in [5.41, 5.74) is 0.648. The fourth-order valence-electron chi connectivity index (χ4n) is 3.78. The SMILES string of the molecule is CC(COCCCO)(C[C@@H](Cc1ccc(-c2cc(Cl)ccc2F)cc1)NC(=O)c1cnn[nH]1)C(=O)O. The monoisotopic (exact) mass is 518 g/mol. The predicted molar refractivity (Wildman–Crippen MR) is 131 cm³/mol. The normalized spacial score (nSPS) is 13.7. The summed E-state index contributed by atoms with van der Waals surface area (Å²) in [6.45, 7) is 1.62. The third-order valence-electron chi connectivity index (χ3n) is 5.75. The van der Waals surface area contributed by atoms with Gasteiger partial charge in [-0.1, -0.05) is 41.1 Å². The van der Waals surface area contributed by atoms with E-state index in [1.165, 1.54) is 18.3 Å². The zero-order valence-corrected chi connectivity index (χ0v) is 20.5. The predicted octanol–water partition coefficient (Wildman–Crippen LogP) is 3.49. The molecule has 0 saturated carbocycles. The second-order valence-electron chi connectivity index (χ2n) is 8.77. The number of hydrogen-bond acceptors (Lipinski definition) is 6. The third kappa shape index (κ3) is 7.33. The molecule has 0 fully saturated rings. The number of nitrogens with one attached hydrogen (secondary N) is 2. The van der Waals surface area contributed by atoms with Gasteiger partial charge in [0.2, 0.25) is 0 Å². The molecule has 1 amide bonds. The molecule has 1 heterocycles. The van der Waals surface area contributed by atoms with Gasteiger partial charge in [0.25, 0.3) is 5.91 Å². The molecular weight excluding hydrogens is 491 g/mol. The Labute approximate surface area is 212 Å². The largest absolute Gasteiger partial charge is 0.481 e. The second kappa shape index (κ2) is 12.6. The number of ether oxygens (including phenoxy) is 1. The van der Waals surface area contributed by atoms with E-state index >= 15 is 0 Å². The smallest absolute Gasteiger partial charge is 0.311 e. The number of carboxylic acid groups (broad SMARTS) is 1. The van der Waals surface area contributed by atoms with Crippen LogP contribution in [0.25, 0.3) is 11.1 Å². The van der Waals surface area contributed by atoms with Gasteiger partial charge in [0.15, 0.2) is 0 Å². The van der Waals surface area contributed by atoms with Crippen LogP contribution in [0.4, 0.5) is 4.39 Å². The number of amides is 1. The first-order valence-corrected chi connectivity index (χ1v) is 11.7. The standard InChI is InChI=1S/C25H28ClFN4O5/c1-25(24(34)35,15-36-10-2-9-32)13-19(29-23(33)22-14-28-31-30-22)11-16-3-5-17(6-4-16)20-12-18(26)7-8-21(20)27/h3-8,12,14,19,32H,2,9-11,13,15H2,1H3,(H,29,33)(H,34,35)(H,28,30,31)/t19-,25?/m1/s1. The molecule has 11 heteroatoms. The molecule has 0 radical (unpaired) electrons. The number of carboxylic acids is 1. The molecule has 3 aromatic rings. The van der Waals surface area contributed by atoms with Crippen LogP contribution in [-0.2, 0) is 16.0 Å². The summed E-state index contributed by atoms with van der Waals surface area (Å²) < 4.78 is 19.7. The number of aliphatic hydroxyl groups excluding tert-OH is 1. The summed E-state index contributed by atoms with van der Waals surface area (Å²) in [5.74, 6) is -1.94. The van der Waals surface area contributed by atoms with Crippen molar-refractivity contribution in [1.82, 2.24) is 20.7 Å². The highest BCUT2D eigenvalue weighted by Crippen LogP contribution is 2.29. The highest BCUT2D eigenvalue weighted by molar-refractivity contribution is 6.30. The van der Waals surface area contributed by atoms with Gasteiger partial charge in [0, 0.05) is 29.8 Å². The van der Waals surface area contributed by atoms with Crippen LogP contribution >= 0.6 is 11.6 Å². The maximum atomic E-state index is 14.3. The first-order valence-electron chi connectivity index (χ1n) is 11.3. The Morgan fingerprint density at radius 1 is 1.25 bits per heavy atom. The van der Waals surface area contributed by atoms with Crippen LogP contribution in [0.2, 0.25) is 5.02 Å². The number of aromatic nitrogens is 3. The number of aliphatic carboxylic acids is 1. The first kappa shape index (κ1) is 27.3. The molecular formula is C25H28ClFN4O5. The number of rotatable bonds is 13. The molecule has 0 aliphatic heterocycles. The van der Waals surface area contributed by atoms with Crippen LogP contribution in [-0.4, -0.2) is 63.4 Å². The van der Waals surface area contributed by atoms with E-state index in [4.69, 9.17) is 21.4 Å². The molecule has 0 aliphatic rings. The summed E-state index contributed by atoms with van der Waals surface area (Å²) in [6, 6.07) is 10.8. The minimum absolute atomic E-state index is 0.0598. The lowest BCUT2D eigenvalue weighted by atomic mass is 9.82. The topological polar surface area (TPSA) is 137 Å². The number of carbonyl (C=O) groups is 2. The van der Waals surface area contributed by atoms with E-state index in [-0.39, 0.29) is 31.9 Å². The number of nitrogens with zero attached hydrogens (tertiary/aromatic N) is 2. The average molecular weight is 519 g/mol. The van der Waals surface area contributed by atoms with Gasteiger partial charge < -0.3 is 20.3 Å². The minimum Gasteiger partial charge on any atom is -0.481 e. The van der Waals surface area contributed by atoms with Crippen molar-refractivity contribution in [3.8, 4) is 11.1 Å². The number of benzene rings is 2. The van der Waals surface area contributed by atoms with Crippen molar-refractivity contribution in [2.45, 2.75) is 32.2 Å². The van der Waals surface area contributed by atoms with Crippen molar-refractivity contribution < 1.29 is 28.9 Å². The molecule has 1 aromatic heterocycles. The number of H-pyrrole nitrogens is 1. The Balaban J connectivity index is 1.80. The fraction of sp³-hybridized carbons (Fsp3) is 0.360. The van der Waals surface area contributed by atoms with Gasteiger partial charge in [-0.3, -0.25) is 14.7 Å². The van der Waals surface area contributed by atoms with Crippen LogP contribution < -0.4 is 5.32 Å². The van der Waals surface area contributed by atoms with E-state index in [1.54, 1.807) is 37.3 Å². The lowest BCUT2D eigenvalue weighted by molar-refractivity contribution is -0.152. The van der Waals surface area contributed by atoms with Crippen molar-refractivity contribution >= 4 is 23.5 Å². The van der Waals surface area contributed by atoms with Crippen LogP contribution in [0.1, 0.15) is 35.8 Å². The quantitative estimate of drug-likeness (QED) is 0.254. The maximum Gasteiger partial charge on any atom is 0.311 e. The Bertz CT molecular complexity index is 1160. The van der Waals surface area contributed by atoms with Gasteiger partial charge in [0.1, 0.15) is 11.5 Å². The highest BCUT2D eigenvalue weighted by Gasteiger charge is 2.37. The molecule has 0 bridgehead atoms. The van der Waals surface area contributed by atoms with Gasteiger partial charge in [-0.15, -0.1) is 5.10 Å². The van der Waals surface area contributed by atoms with Crippen molar-refractivity contribution in [1.29, 1.82) is 0 Å². The second-order valence-corrected chi connectivity index (χ2v) is 9.20. The summed E-state index contributed by atoms with van der Waals surface area (Å²) in [6.07, 6.45) is 2.04. The third-order valence-corrected chi connectivity index (χ3v) is 5.99. The van der Waals surface area contributed by atoms with E-state index in [2.05, 4.69) is 20.7 Å². The molecule has 2 atom stereocenters. The maximum absolute atomic E-state index is 14.3. The molecule has 3 rings (SSSR count). The molecule has 192 valence electrons. The van der Waals surface area contributed by atoms with E-state index in [1.807, 2.05) is 0 Å². The first-order chi connectivity index (χ1) is 17.2. The van der Waals surface area contributed by atoms with Crippen LogP contribution in [0.5, 0.6) is 0 Å². The van der Waals surface area contributed by atoms with Gasteiger partial charge in [0.05, 0.1) is 18.2 Å². The van der Waals surface area contributed by atoms with Crippen LogP contribution in [0, 0.1) is 11.2 Å². The summed E-state index contributed by atoms with van der Waals surface area (Å²) in [7, 11) is 0. The molecule has 0 spiro atoms. The Hall–Kier alpha value is -3.34. The Morgan fingerprint density at radius 2 is 2.00 bits per heavy atom. The fourth-order valence-corrected chi connectivity index (χ4v) is 3.96. The molecule has 36 heavy (non-hydrogen) atoms. The Morgan fingerprint density at radius 3 is 2.64 bits per heavy atom.